The van der Waals surface area contributed by atoms with Crippen LogP contribution in [0.5, 0.6) is 0 Å². The first-order chi connectivity index (χ1) is 10.5. The van der Waals surface area contributed by atoms with E-state index in [-0.39, 0.29) is 5.90 Å². The topological polar surface area (TPSA) is 21.6 Å². The smallest absolute Gasteiger partial charge is 0.395 e. The highest BCUT2D eigenvalue weighted by atomic mass is 19.4. The molecule has 0 saturated carbocycles. The van der Waals surface area contributed by atoms with Crippen LogP contribution in [0.4, 0.5) is 18.9 Å². The minimum Gasteiger partial charge on any atom is -0.468 e. The maximum Gasteiger partial charge on any atom is 0.395 e. The van der Waals surface area contributed by atoms with Crippen molar-refractivity contribution in [2.24, 2.45) is 10.9 Å². The molecule has 1 aliphatic heterocycles. The van der Waals surface area contributed by atoms with Crippen molar-refractivity contribution in [2.45, 2.75) is 19.2 Å². The van der Waals surface area contributed by atoms with Gasteiger partial charge in [-0.15, -0.1) is 0 Å². The normalized spacial score (nSPS) is 18.9. The molecule has 1 aliphatic rings. The molecule has 0 N–H and O–H groups in total. The van der Waals surface area contributed by atoms with E-state index in [9.17, 15) is 13.2 Å². The Bertz CT molecular complexity index is 695. The highest BCUT2D eigenvalue weighted by Crippen LogP contribution is 2.44. The van der Waals surface area contributed by atoms with Crippen LogP contribution in [0.25, 0.3) is 0 Å². The lowest BCUT2D eigenvalue weighted by atomic mass is 9.94. The summed E-state index contributed by atoms with van der Waals surface area (Å²) in [6.45, 7) is 1.13. The lowest BCUT2D eigenvalue weighted by Gasteiger charge is -2.31. The van der Waals surface area contributed by atoms with Crippen molar-refractivity contribution in [3.8, 4) is 0 Å². The average molecular weight is 305 g/mol. The molecular formula is C17H14F3NO. The van der Waals surface area contributed by atoms with Gasteiger partial charge in [-0.1, -0.05) is 36.4 Å². The molecule has 22 heavy (non-hydrogen) atoms. The quantitative estimate of drug-likeness (QED) is 0.762. The predicted octanol–water partition coefficient (Wildman–Crippen LogP) is 5.03. The van der Waals surface area contributed by atoms with Crippen LogP contribution in [0, 0.1) is 5.92 Å². The molecule has 0 radical (unpaired) electrons. The van der Waals surface area contributed by atoms with Crippen molar-refractivity contribution < 1.29 is 17.9 Å². The van der Waals surface area contributed by atoms with Crippen LogP contribution in [0.15, 0.2) is 59.6 Å². The van der Waals surface area contributed by atoms with Crippen molar-refractivity contribution in [3.63, 3.8) is 0 Å². The zero-order valence-electron chi connectivity index (χ0n) is 11.8. The molecule has 0 amide bonds. The molecule has 5 heteroatoms. The first kappa shape index (κ1) is 14.6. The van der Waals surface area contributed by atoms with Crippen LogP contribution in [0.2, 0.25) is 0 Å². The SMILES string of the molecule is CC(C1OC(c2ccccc2)=Nc2ccccc21)C(F)(F)F. The van der Waals surface area contributed by atoms with Gasteiger partial charge in [0.05, 0.1) is 11.6 Å². The fourth-order valence-corrected chi connectivity index (χ4v) is 2.41. The van der Waals surface area contributed by atoms with Crippen molar-refractivity contribution >= 4 is 11.6 Å². The molecule has 2 atom stereocenters. The minimum atomic E-state index is -4.34. The molecule has 3 rings (SSSR count). The van der Waals surface area contributed by atoms with E-state index in [2.05, 4.69) is 4.99 Å². The number of aliphatic imine (C=N–C) groups is 1. The van der Waals surface area contributed by atoms with Crippen LogP contribution in [0.3, 0.4) is 0 Å². The summed E-state index contributed by atoms with van der Waals surface area (Å²) in [4.78, 5) is 4.36. The summed E-state index contributed by atoms with van der Waals surface area (Å²) in [5.74, 6) is -1.40. The Hall–Kier alpha value is -2.30. The van der Waals surface area contributed by atoms with Crippen molar-refractivity contribution in [1.29, 1.82) is 0 Å². The van der Waals surface area contributed by atoms with Gasteiger partial charge in [0, 0.05) is 11.1 Å². The summed E-state index contributed by atoms with van der Waals surface area (Å²) in [6.07, 6.45) is -5.43. The number of benzene rings is 2. The number of hydrogen-bond donors (Lipinski definition) is 0. The first-order valence-electron chi connectivity index (χ1n) is 6.93. The van der Waals surface area contributed by atoms with Crippen LogP contribution >= 0.6 is 0 Å². The van der Waals surface area contributed by atoms with Gasteiger partial charge in [0.15, 0.2) is 0 Å². The van der Waals surface area contributed by atoms with E-state index in [1.54, 1.807) is 48.5 Å². The number of nitrogens with zero attached hydrogens (tertiary/aromatic N) is 1. The van der Waals surface area contributed by atoms with Gasteiger partial charge in [0.1, 0.15) is 6.10 Å². The van der Waals surface area contributed by atoms with Crippen molar-refractivity contribution in [2.75, 3.05) is 0 Å². The van der Waals surface area contributed by atoms with Crippen LogP contribution < -0.4 is 0 Å². The molecule has 2 unspecified atom stereocenters. The first-order valence-corrected chi connectivity index (χ1v) is 6.93. The maximum absolute atomic E-state index is 13.1. The standard InChI is InChI=1S/C17H14F3NO/c1-11(17(18,19)20)15-13-9-5-6-10-14(13)21-16(22-15)12-7-3-2-4-8-12/h2-11,15H,1H3. The number of fused-ring (bicyclic) bond motifs is 1. The molecule has 1 heterocycles. The number of hydrogen-bond acceptors (Lipinski definition) is 2. The zero-order valence-corrected chi connectivity index (χ0v) is 11.8. The number of para-hydroxylation sites is 1. The summed E-state index contributed by atoms with van der Waals surface area (Å²) in [5.41, 5.74) is 1.65. The Labute approximate surface area is 126 Å². The van der Waals surface area contributed by atoms with Crippen molar-refractivity contribution in [1.82, 2.24) is 0 Å². The van der Waals surface area contributed by atoms with E-state index in [0.29, 0.717) is 16.8 Å². The number of alkyl halides is 3. The van der Waals surface area contributed by atoms with E-state index >= 15 is 0 Å². The fourth-order valence-electron chi connectivity index (χ4n) is 2.41. The second-order valence-corrected chi connectivity index (χ2v) is 5.21. The monoisotopic (exact) mass is 305 g/mol. The second kappa shape index (κ2) is 5.48. The highest BCUT2D eigenvalue weighted by Gasteiger charge is 2.45. The lowest BCUT2D eigenvalue weighted by molar-refractivity contribution is -0.193. The third-order valence-corrected chi connectivity index (χ3v) is 3.70. The maximum atomic E-state index is 13.1. The summed E-state index contributed by atoms with van der Waals surface area (Å²) in [6, 6.07) is 15.7. The Balaban J connectivity index is 2.06. The molecule has 0 spiro atoms. The Morgan fingerprint density at radius 1 is 1.00 bits per heavy atom. The van der Waals surface area contributed by atoms with E-state index in [0.717, 1.165) is 6.92 Å². The van der Waals surface area contributed by atoms with Crippen LogP contribution in [0.1, 0.15) is 24.2 Å². The zero-order chi connectivity index (χ0) is 15.7. The largest absolute Gasteiger partial charge is 0.468 e. The van der Waals surface area contributed by atoms with Gasteiger partial charge in [-0.05, 0) is 25.1 Å². The summed E-state index contributed by atoms with van der Waals surface area (Å²) in [5, 5.41) is 0. The summed E-state index contributed by atoms with van der Waals surface area (Å²) < 4.78 is 45.0. The molecule has 0 fully saturated rings. The molecule has 0 saturated heterocycles. The minimum absolute atomic E-state index is 0.223. The van der Waals surface area contributed by atoms with Gasteiger partial charge < -0.3 is 4.74 Å². The Morgan fingerprint density at radius 2 is 1.64 bits per heavy atom. The third-order valence-electron chi connectivity index (χ3n) is 3.70. The van der Waals surface area contributed by atoms with Gasteiger partial charge in [0.2, 0.25) is 5.90 Å². The summed E-state index contributed by atoms with van der Waals surface area (Å²) in [7, 11) is 0. The Kier molecular flexibility index (Phi) is 3.64. The van der Waals surface area contributed by atoms with Gasteiger partial charge in [-0.25, -0.2) is 4.99 Å². The van der Waals surface area contributed by atoms with Gasteiger partial charge in [-0.2, -0.15) is 13.2 Å². The molecular weight excluding hydrogens is 291 g/mol. The Morgan fingerprint density at radius 3 is 2.32 bits per heavy atom. The molecule has 2 nitrogen and oxygen atoms in total. The molecule has 0 bridgehead atoms. The lowest BCUT2D eigenvalue weighted by Crippen LogP contribution is -2.31. The molecule has 0 aliphatic carbocycles. The number of ether oxygens (including phenoxy) is 1. The number of halogens is 3. The number of rotatable bonds is 2. The molecule has 2 aromatic rings. The third kappa shape index (κ3) is 2.71. The van der Waals surface area contributed by atoms with E-state index < -0.39 is 18.2 Å². The van der Waals surface area contributed by atoms with E-state index in [1.807, 2.05) is 6.07 Å². The van der Waals surface area contributed by atoms with E-state index in [4.69, 9.17) is 4.74 Å². The second-order valence-electron chi connectivity index (χ2n) is 5.21. The summed E-state index contributed by atoms with van der Waals surface area (Å²) >= 11 is 0. The molecule has 0 aromatic heterocycles. The van der Waals surface area contributed by atoms with Crippen LogP contribution in [-0.2, 0) is 4.74 Å². The highest BCUT2D eigenvalue weighted by molar-refractivity contribution is 5.97. The molecule has 2 aromatic carbocycles. The predicted molar refractivity (Wildman–Crippen MR) is 78.1 cm³/mol. The van der Waals surface area contributed by atoms with Gasteiger partial charge >= 0.3 is 6.18 Å². The fraction of sp³-hybridized carbons (Fsp3) is 0.235. The van der Waals surface area contributed by atoms with E-state index in [1.165, 1.54) is 0 Å². The average Bonchev–Trinajstić information content (AvgIpc) is 2.53. The van der Waals surface area contributed by atoms with Gasteiger partial charge in [-0.3, -0.25) is 0 Å². The van der Waals surface area contributed by atoms with Gasteiger partial charge in [0.25, 0.3) is 0 Å². The van der Waals surface area contributed by atoms with Crippen molar-refractivity contribution in [3.05, 3.63) is 65.7 Å². The molecule has 114 valence electrons. The van der Waals surface area contributed by atoms with Crippen LogP contribution in [-0.4, -0.2) is 12.1 Å².